The van der Waals surface area contributed by atoms with E-state index >= 15 is 0 Å². The van der Waals surface area contributed by atoms with Crippen LogP contribution in [0, 0.1) is 6.92 Å². The lowest BCUT2D eigenvalue weighted by atomic mass is 10.1. The minimum Gasteiger partial charge on any atom is -0.478 e. The smallest absolute Gasteiger partial charge is 0.410 e. The minimum absolute atomic E-state index is 0.245. The summed E-state index contributed by atoms with van der Waals surface area (Å²) in [6.45, 7) is 10.9. The molecule has 1 fully saturated rings. The van der Waals surface area contributed by atoms with Gasteiger partial charge < -0.3 is 30.5 Å². The molecule has 0 bridgehead atoms. The van der Waals surface area contributed by atoms with Crippen LogP contribution in [0.1, 0.15) is 31.9 Å². The van der Waals surface area contributed by atoms with Crippen LogP contribution in [0.25, 0.3) is 16.7 Å². The van der Waals surface area contributed by atoms with Crippen LogP contribution in [0.15, 0.2) is 42.5 Å². The third-order valence-electron chi connectivity index (χ3n) is 5.71. The lowest BCUT2D eigenvalue weighted by molar-refractivity contribution is -0.134. The number of aryl methyl sites for hydroxylation is 1. The number of pyridine rings is 1. The van der Waals surface area contributed by atoms with E-state index in [2.05, 4.69) is 28.4 Å². The average molecular weight is 512 g/mol. The van der Waals surface area contributed by atoms with Crippen molar-refractivity contribution in [1.82, 2.24) is 14.3 Å². The van der Waals surface area contributed by atoms with Crippen LogP contribution in [0.3, 0.4) is 0 Å². The SMILES string of the molecule is Cc1cc(N2CCN(C(=O)OC(C)(C)C)CC2)n2c(nc3ccccc32)c1CN.O=C(O)C=CC(=O)O. The Kier molecular flexibility index (Phi) is 8.38. The molecule has 4 rings (SSSR count). The van der Waals surface area contributed by atoms with Crippen LogP contribution >= 0.6 is 0 Å². The van der Waals surface area contributed by atoms with Crippen molar-refractivity contribution in [2.75, 3.05) is 31.1 Å². The van der Waals surface area contributed by atoms with Gasteiger partial charge in [-0.2, -0.15) is 0 Å². The maximum absolute atomic E-state index is 12.4. The van der Waals surface area contributed by atoms with E-state index < -0.39 is 17.5 Å². The fraction of sp³-hybridized carbons (Fsp3) is 0.385. The van der Waals surface area contributed by atoms with Crippen LogP contribution in [0.2, 0.25) is 0 Å². The summed E-state index contributed by atoms with van der Waals surface area (Å²) < 4.78 is 7.72. The van der Waals surface area contributed by atoms with Crippen molar-refractivity contribution in [3.05, 3.63) is 53.6 Å². The molecule has 1 aliphatic rings. The fourth-order valence-electron chi connectivity index (χ4n) is 4.05. The van der Waals surface area contributed by atoms with Crippen LogP contribution < -0.4 is 10.6 Å². The summed E-state index contributed by atoms with van der Waals surface area (Å²) in [7, 11) is 0. The molecule has 1 aliphatic heterocycles. The third kappa shape index (κ3) is 6.76. The Balaban J connectivity index is 0.000000414. The van der Waals surface area contributed by atoms with Gasteiger partial charge in [-0.15, -0.1) is 0 Å². The number of imidazole rings is 1. The number of hydrogen-bond donors (Lipinski definition) is 3. The van der Waals surface area contributed by atoms with E-state index in [1.54, 1.807) is 4.90 Å². The van der Waals surface area contributed by atoms with E-state index in [9.17, 15) is 14.4 Å². The number of rotatable bonds is 4. The number of fused-ring (bicyclic) bond motifs is 3. The first-order chi connectivity index (χ1) is 17.4. The van der Waals surface area contributed by atoms with E-state index in [1.165, 1.54) is 0 Å². The highest BCUT2D eigenvalue weighted by Crippen LogP contribution is 2.29. The minimum atomic E-state index is -1.26. The molecular formula is C26H33N5O6. The lowest BCUT2D eigenvalue weighted by Gasteiger charge is -2.37. The van der Waals surface area contributed by atoms with E-state index in [-0.39, 0.29) is 6.09 Å². The quantitative estimate of drug-likeness (QED) is 0.449. The number of benzene rings is 1. The zero-order valence-corrected chi connectivity index (χ0v) is 21.5. The molecule has 0 radical (unpaired) electrons. The van der Waals surface area contributed by atoms with Gasteiger partial charge in [-0.3, -0.25) is 4.40 Å². The van der Waals surface area contributed by atoms with Crippen molar-refractivity contribution in [2.24, 2.45) is 5.73 Å². The number of carboxylic acids is 2. The molecule has 11 heteroatoms. The van der Waals surface area contributed by atoms with Gasteiger partial charge in [0.05, 0.1) is 11.0 Å². The molecule has 0 atom stereocenters. The molecule has 1 aromatic carbocycles. The highest BCUT2D eigenvalue weighted by atomic mass is 16.6. The standard InChI is InChI=1S/C22H29N5O2.C4H4O4/c1-15-13-19(25-9-11-26(12-10-25)21(28)29-22(2,3)4)27-18-8-6-5-7-17(18)24-20(27)16(15)14-23;5-3(6)1-2-4(7)8/h5-8,13H,9-12,14,23H2,1-4H3;1-2H,(H,5,6)(H,7,8). The lowest BCUT2D eigenvalue weighted by Crippen LogP contribution is -2.50. The molecule has 2 aromatic heterocycles. The summed E-state index contributed by atoms with van der Waals surface area (Å²) in [6.07, 6.45) is 0.870. The number of nitrogens with two attached hydrogens (primary N) is 1. The van der Waals surface area contributed by atoms with Crippen molar-refractivity contribution in [3.63, 3.8) is 0 Å². The second kappa shape index (κ2) is 11.3. The van der Waals surface area contributed by atoms with Crippen molar-refractivity contribution in [1.29, 1.82) is 0 Å². The molecule has 0 saturated carbocycles. The molecule has 3 heterocycles. The van der Waals surface area contributed by atoms with Gasteiger partial charge in [-0.1, -0.05) is 12.1 Å². The van der Waals surface area contributed by atoms with E-state index in [1.807, 2.05) is 39.0 Å². The third-order valence-corrected chi connectivity index (χ3v) is 5.71. The van der Waals surface area contributed by atoms with Crippen molar-refractivity contribution >= 4 is 40.5 Å². The topological polar surface area (TPSA) is 151 Å². The second-order valence-corrected chi connectivity index (χ2v) is 9.59. The molecular weight excluding hydrogens is 478 g/mol. The molecule has 37 heavy (non-hydrogen) atoms. The maximum atomic E-state index is 12.4. The predicted molar refractivity (Wildman–Crippen MR) is 140 cm³/mol. The van der Waals surface area contributed by atoms with Crippen molar-refractivity contribution < 1.29 is 29.3 Å². The van der Waals surface area contributed by atoms with Gasteiger partial charge in [-0.05, 0) is 51.5 Å². The number of carbonyl (C=O) groups is 3. The first-order valence-corrected chi connectivity index (χ1v) is 11.9. The summed E-state index contributed by atoms with van der Waals surface area (Å²) in [5, 5.41) is 15.6. The van der Waals surface area contributed by atoms with Crippen LogP contribution in [0.5, 0.6) is 0 Å². The number of piperazine rings is 1. The second-order valence-electron chi connectivity index (χ2n) is 9.59. The van der Waals surface area contributed by atoms with Crippen molar-refractivity contribution in [2.45, 2.75) is 39.8 Å². The van der Waals surface area contributed by atoms with Crippen molar-refractivity contribution in [3.8, 4) is 0 Å². The number of carbonyl (C=O) groups excluding carboxylic acids is 1. The first kappa shape index (κ1) is 27.5. The number of aromatic nitrogens is 2. The monoisotopic (exact) mass is 511 g/mol. The van der Waals surface area contributed by atoms with Crippen LogP contribution in [-0.4, -0.2) is 74.3 Å². The summed E-state index contributed by atoms with van der Waals surface area (Å²) in [5.41, 5.74) is 10.7. The molecule has 198 valence electrons. The molecule has 11 nitrogen and oxygen atoms in total. The number of anilines is 1. The van der Waals surface area contributed by atoms with E-state index in [0.717, 1.165) is 46.7 Å². The summed E-state index contributed by atoms with van der Waals surface area (Å²) >= 11 is 0. The number of hydrogen-bond acceptors (Lipinski definition) is 7. The fourth-order valence-corrected chi connectivity index (χ4v) is 4.05. The van der Waals surface area contributed by atoms with Gasteiger partial charge >= 0.3 is 18.0 Å². The molecule has 4 N–H and O–H groups in total. The Hall–Kier alpha value is -4.12. The molecule has 0 aliphatic carbocycles. The number of para-hydroxylation sites is 2. The summed E-state index contributed by atoms with van der Waals surface area (Å²) in [5.74, 6) is -1.42. The van der Waals surface area contributed by atoms with E-state index in [0.29, 0.717) is 31.8 Å². The molecule has 1 amide bonds. The summed E-state index contributed by atoms with van der Waals surface area (Å²) in [4.78, 5) is 40.5. The van der Waals surface area contributed by atoms with Gasteiger partial charge in [0.1, 0.15) is 17.1 Å². The Morgan fingerprint density at radius 3 is 2.19 bits per heavy atom. The van der Waals surface area contributed by atoms with Gasteiger partial charge in [0.2, 0.25) is 0 Å². The zero-order chi connectivity index (χ0) is 27.3. The van der Waals surface area contributed by atoms with E-state index in [4.69, 9.17) is 25.7 Å². The van der Waals surface area contributed by atoms with Gasteiger partial charge in [0, 0.05) is 50.4 Å². The van der Waals surface area contributed by atoms with Crippen LogP contribution in [0.4, 0.5) is 10.6 Å². The zero-order valence-electron chi connectivity index (χ0n) is 21.5. The largest absolute Gasteiger partial charge is 0.478 e. The molecule has 3 aromatic rings. The first-order valence-electron chi connectivity index (χ1n) is 11.9. The highest BCUT2D eigenvalue weighted by Gasteiger charge is 2.27. The Labute approximate surface area is 214 Å². The Bertz CT molecular complexity index is 1320. The number of amides is 1. The van der Waals surface area contributed by atoms with Gasteiger partial charge in [-0.25, -0.2) is 19.4 Å². The maximum Gasteiger partial charge on any atom is 0.410 e. The van der Waals surface area contributed by atoms with Crippen LogP contribution in [-0.2, 0) is 20.9 Å². The summed E-state index contributed by atoms with van der Waals surface area (Å²) in [6, 6.07) is 10.3. The molecule has 1 saturated heterocycles. The normalized spacial score (nSPS) is 14.1. The Morgan fingerprint density at radius 1 is 1.05 bits per heavy atom. The number of nitrogens with zero attached hydrogens (tertiary/aromatic N) is 4. The van der Waals surface area contributed by atoms with Gasteiger partial charge in [0.15, 0.2) is 0 Å². The van der Waals surface area contributed by atoms with Gasteiger partial charge in [0.25, 0.3) is 0 Å². The predicted octanol–water partition coefficient (Wildman–Crippen LogP) is 3.02. The number of aliphatic carboxylic acids is 2. The number of carboxylic acid groups (broad SMARTS) is 2. The Morgan fingerprint density at radius 2 is 1.65 bits per heavy atom. The molecule has 0 spiro atoms. The number of ether oxygens (including phenoxy) is 1. The molecule has 0 unspecified atom stereocenters. The average Bonchev–Trinajstić information content (AvgIpc) is 3.21. The highest BCUT2D eigenvalue weighted by molar-refractivity contribution is 5.89.